The maximum atomic E-state index is 15.2. The summed E-state index contributed by atoms with van der Waals surface area (Å²) in [7, 11) is 0. The molecule has 1 unspecified atom stereocenters. The molecule has 1 aromatic carbocycles. The zero-order valence-corrected chi connectivity index (χ0v) is 17.6. The fraction of sp³-hybridized carbons (Fsp3) is 0.261. The molecule has 3 aromatic rings. The Morgan fingerprint density at radius 3 is 2.59 bits per heavy atom. The Kier molecular flexibility index (Phi) is 4.29. The maximum absolute atomic E-state index is 15.2. The second-order valence-electron chi connectivity index (χ2n) is 8.48. The zero-order chi connectivity index (χ0) is 23.7. The molecule has 7 nitrogen and oxygen atoms in total. The van der Waals surface area contributed by atoms with Crippen LogP contribution in [0.2, 0.25) is 0 Å². The van der Waals surface area contributed by atoms with E-state index in [-0.39, 0.29) is 42.7 Å². The van der Waals surface area contributed by atoms with Gasteiger partial charge in [0.1, 0.15) is 24.0 Å². The van der Waals surface area contributed by atoms with Gasteiger partial charge in [-0.15, -0.1) is 0 Å². The predicted octanol–water partition coefficient (Wildman–Crippen LogP) is 3.96. The summed E-state index contributed by atoms with van der Waals surface area (Å²) in [5.41, 5.74) is 6.46. The van der Waals surface area contributed by atoms with Crippen molar-refractivity contribution in [3.63, 3.8) is 0 Å². The van der Waals surface area contributed by atoms with Crippen molar-refractivity contribution >= 4 is 11.8 Å². The van der Waals surface area contributed by atoms with Crippen molar-refractivity contribution in [2.75, 3.05) is 24.6 Å². The minimum atomic E-state index is -2.89. The van der Waals surface area contributed by atoms with Gasteiger partial charge < -0.3 is 20.1 Å². The number of benzene rings is 1. The number of rotatable bonds is 2. The Hall–Kier alpha value is -3.89. The van der Waals surface area contributed by atoms with Crippen molar-refractivity contribution in [1.82, 2.24) is 9.97 Å². The van der Waals surface area contributed by atoms with E-state index in [1.54, 1.807) is 18.2 Å². The van der Waals surface area contributed by atoms with E-state index in [1.165, 1.54) is 23.2 Å². The fourth-order valence-corrected chi connectivity index (χ4v) is 4.64. The first-order chi connectivity index (χ1) is 16.2. The molecule has 0 amide bonds. The Labute approximate surface area is 190 Å². The van der Waals surface area contributed by atoms with E-state index < -0.39 is 29.8 Å². The standard InChI is InChI=1S/C23H17F4N5O2/c24-14-5-13(8-29-9-14)12-1-2-17-15(6-12)23(11-33-21(28)31-23)16-7-18(30-20(25)19(16)34-17)32-4-3-22(26,27)10-32/h1-2,5-9H,3-4,10-11H2,(H2,28,31). The highest BCUT2D eigenvalue weighted by atomic mass is 19.3. The van der Waals surface area contributed by atoms with Crippen molar-refractivity contribution in [1.29, 1.82) is 0 Å². The monoisotopic (exact) mass is 471 g/mol. The number of nitrogens with two attached hydrogens (primary N) is 1. The van der Waals surface area contributed by atoms with Crippen LogP contribution in [0.15, 0.2) is 47.7 Å². The molecule has 1 fully saturated rings. The molecular formula is C23H17F4N5O2. The summed E-state index contributed by atoms with van der Waals surface area (Å²) < 4.78 is 67.9. The molecular weight excluding hydrogens is 454 g/mol. The van der Waals surface area contributed by atoms with Crippen molar-refractivity contribution in [2.45, 2.75) is 17.9 Å². The van der Waals surface area contributed by atoms with Gasteiger partial charge in [-0.2, -0.15) is 9.37 Å². The van der Waals surface area contributed by atoms with Gasteiger partial charge in [-0.05, 0) is 29.8 Å². The molecule has 3 aliphatic heterocycles. The summed E-state index contributed by atoms with van der Waals surface area (Å²) in [5, 5.41) is 0. The SMILES string of the molecule is NC1=NC2(CO1)c1cc(-c3cncc(F)c3)ccc1Oc1c2cc(N2CCC(F)(F)C2)nc1F. The first-order valence-corrected chi connectivity index (χ1v) is 10.5. The Morgan fingerprint density at radius 2 is 1.88 bits per heavy atom. The van der Waals surface area contributed by atoms with Crippen LogP contribution >= 0.6 is 0 Å². The Morgan fingerprint density at radius 1 is 1.03 bits per heavy atom. The largest absolute Gasteiger partial charge is 0.462 e. The van der Waals surface area contributed by atoms with Gasteiger partial charge in [0.05, 0.1) is 12.7 Å². The van der Waals surface area contributed by atoms with Crippen molar-refractivity contribution in [3.05, 3.63) is 65.6 Å². The summed E-state index contributed by atoms with van der Waals surface area (Å²) in [4.78, 5) is 13.6. The molecule has 3 aliphatic rings. The van der Waals surface area contributed by atoms with E-state index in [0.29, 0.717) is 22.4 Å². The number of nitrogens with zero attached hydrogens (tertiary/aromatic N) is 4. The van der Waals surface area contributed by atoms with E-state index in [2.05, 4.69) is 15.0 Å². The lowest BCUT2D eigenvalue weighted by Gasteiger charge is -2.34. The molecule has 1 spiro atoms. The first-order valence-electron chi connectivity index (χ1n) is 10.5. The number of hydrogen-bond acceptors (Lipinski definition) is 7. The van der Waals surface area contributed by atoms with Crippen LogP contribution in [-0.4, -0.2) is 41.6 Å². The van der Waals surface area contributed by atoms with E-state index >= 15 is 4.39 Å². The number of ether oxygens (including phenoxy) is 2. The molecule has 2 aromatic heterocycles. The van der Waals surface area contributed by atoms with Crippen LogP contribution in [0.3, 0.4) is 0 Å². The van der Waals surface area contributed by atoms with Crippen molar-refractivity contribution < 1.29 is 27.0 Å². The quantitative estimate of drug-likeness (QED) is 0.450. The van der Waals surface area contributed by atoms with Gasteiger partial charge in [0.15, 0.2) is 11.3 Å². The minimum absolute atomic E-state index is 0.0291. The molecule has 0 bridgehead atoms. The minimum Gasteiger partial charge on any atom is -0.462 e. The molecule has 5 heterocycles. The summed E-state index contributed by atoms with van der Waals surface area (Å²) in [6.07, 6.45) is 2.25. The third kappa shape index (κ3) is 3.14. The average molecular weight is 471 g/mol. The van der Waals surface area contributed by atoms with E-state index in [0.717, 1.165) is 6.20 Å². The summed E-state index contributed by atoms with van der Waals surface area (Å²) in [6.45, 7) is -0.602. The van der Waals surface area contributed by atoms with Crippen molar-refractivity contribution in [3.8, 4) is 22.6 Å². The summed E-state index contributed by atoms with van der Waals surface area (Å²) in [5.74, 6) is -4.17. The van der Waals surface area contributed by atoms with Crippen LogP contribution in [0, 0.1) is 11.8 Å². The van der Waals surface area contributed by atoms with Crippen LogP contribution in [0.4, 0.5) is 23.4 Å². The van der Waals surface area contributed by atoms with Gasteiger partial charge in [-0.1, -0.05) is 6.07 Å². The van der Waals surface area contributed by atoms with Crippen LogP contribution in [-0.2, 0) is 10.3 Å². The lowest BCUT2D eigenvalue weighted by atomic mass is 9.80. The Bertz CT molecular complexity index is 1370. The highest BCUT2D eigenvalue weighted by molar-refractivity contribution is 5.78. The number of aliphatic imine (C=N–C) groups is 1. The molecule has 11 heteroatoms. The second-order valence-corrected chi connectivity index (χ2v) is 8.48. The molecule has 34 heavy (non-hydrogen) atoms. The van der Waals surface area contributed by atoms with E-state index in [4.69, 9.17) is 15.2 Å². The molecule has 0 radical (unpaired) electrons. The first kappa shape index (κ1) is 20.7. The van der Waals surface area contributed by atoms with Gasteiger partial charge in [0, 0.05) is 35.9 Å². The van der Waals surface area contributed by atoms with Crippen LogP contribution in [0.25, 0.3) is 11.1 Å². The smallest absolute Gasteiger partial charge is 0.283 e. The molecule has 0 saturated carbocycles. The molecule has 174 valence electrons. The molecule has 6 rings (SSSR count). The number of amidine groups is 1. The number of halogens is 4. The lowest BCUT2D eigenvalue weighted by molar-refractivity contribution is 0.0256. The van der Waals surface area contributed by atoms with Gasteiger partial charge in [-0.25, -0.2) is 18.2 Å². The summed E-state index contributed by atoms with van der Waals surface area (Å²) >= 11 is 0. The number of alkyl halides is 2. The highest BCUT2D eigenvalue weighted by Crippen LogP contribution is 2.53. The third-order valence-electron chi connectivity index (χ3n) is 6.26. The highest BCUT2D eigenvalue weighted by Gasteiger charge is 2.49. The number of pyridine rings is 2. The normalized spacial score (nSPS) is 22.1. The predicted molar refractivity (Wildman–Crippen MR) is 114 cm³/mol. The fourth-order valence-electron chi connectivity index (χ4n) is 4.64. The number of hydrogen-bond donors (Lipinski definition) is 1. The van der Waals surface area contributed by atoms with Crippen LogP contribution in [0.1, 0.15) is 17.5 Å². The zero-order valence-electron chi connectivity index (χ0n) is 17.6. The van der Waals surface area contributed by atoms with Gasteiger partial charge in [0.2, 0.25) is 0 Å². The number of anilines is 1. The Balaban J connectivity index is 1.52. The molecule has 1 atom stereocenters. The molecule has 2 N–H and O–H groups in total. The molecule has 1 saturated heterocycles. The number of fused-ring (bicyclic) bond motifs is 4. The lowest BCUT2D eigenvalue weighted by Crippen LogP contribution is -2.33. The van der Waals surface area contributed by atoms with Crippen molar-refractivity contribution in [2.24, 2.45) is 10.7 Å². The topological polar surface area (TPSA) is 85.9 Å². The van der Waals surface area contributed by atoms with Gasteiger partial charge in [-0.3, -0.25) is 4.98 Å². The molecule has 0 aliphatic carbocycles. The van der Waals surface area contributed by atoms with E-state index in [1.807, 2.05) is 0 Å². The second kappa shape index (κ2) is 7.05. The summed E-state index contributed by atoms with van der Waals surface area (Å²) in [6, 6.07) is 7.73. The van der Waals surface area contributed by atoms with Gasteiger partial charge in [0.25, 0.3) is 17.9 Å². The van der Waals surface area contributed by atoms with Crippen LogP contribution in [0.5, 0.6) is 11.5 Å². The van der Waals surface area contributed by atoms with Gasteiger partial charge >= 0.3 is 0 Å². The maximum Gasteiger partial charge on any atom is 0.283 e. The number of aromatic nitrogens is 2. The van der Waals surface area contributed by atoms with Crippen LogP contribution < -0.4 is 15.4 Å². The average Bonchev–Trinajstić information content (AvgIpc) is 3.37. The third-order valence-corrected chi connectivity index (χ3v) is 6.26. The van der Waals surface area contributed by atoms with E-state index in [9.17, 15) is 13.2 Å².